The van der Waals surface area contributed by atoms with Gasteiger partial charge in [-0.3, -0.25) is 0 Å². The quantitative estimate of drug-likeness (QED) is 0.738. The van der Waals surface area contributed by atoms with Crippen LogP contribution < -0.4 is 5.32 Å². The van der Waals surface area contributed by atoms with Gasteiger partial charge in [0.15, 0.2) is 11.6 Å². The fraction of sp³-hybridized carbons (Fsp3) is 0.571. The van der Waals surface area contributed by atoms with Crippen molar-refractivity contribution in [2.75, 3.05) is 33.5 Å². The van der Waals surface area contributed by atoms with Crippen molar-refractivity contribution in [1.82, 2.24) is 5.32 Å². The second kappa shape index (κ2) is 8.19. The summed E-state index contributed by atoms with van der Waals surface area (Å²) in [5.41, 5.74) is 0.596. The molecule has 0 bridgehead atoms. The first-order valence-electron chi connectivity index (χ1n) is 6.36. The largest absolute Gasteiger partial charge is 0.382 e. The lowest BCUT2D eigenvalue weighted by molar-refractivity contribution is 0.0582. The molecule has 108 valence electrons. The van der Waals surface area contributed by atoms with Gasteiger partial charge in [-0.25, -0.2) is 8.78 Å². The van der Waals surface area contributed by atoms with Crippen molar-refractivity contribution < 1.29 is 18.3 Å². The van der Waals surface area contributed by atoms with Crippen LogP contribution in [-0.2, 0) is 9.47 Å². The second-order valence-electron chi connectivity index (χ2n) is 4.28. The smallest absolute Gasteiger partial charge is 0.163 e. The minimum absolute atomic E-state index is 0.274. The van der Waals surface area contributed by atoms with E-state index in [0.717, 1.165) is 0 Å². The highest BCUT2D eigenvalue weighted by atomic mass is 19.2. The molecule has 0 fully saturated rings. The number of likely N-dealkylation sites (N-methyl/N-ethyl adjacent to an activating group) is 1. The number of nitrogens with one attached hydrogen (secondary N) is 1. The van der Waals surface area contributed by atoms with Crippen LogP contribution in [0, 0.1) is 18.6 Å². The van der Waals surface area contributed by atoms with Crippen LogP contribution in [0.2, 0.25) is 0 Å². The van der Waals surface area contributed by atoms with Gasteiger partial charge >= 0.3 is 0 Å². The topological polar surface area (TPSA) is 30.5 Å². The van der Waals surface area contributed by atoms with Crippen molar-refractivity contribution in [3.8, 4) is 0 Å². The van der Waals surface area contributed by atoms with Gasteiger partial charge in [-0.1, -0.05) is 19.1 Å². The highest BCUT2D eigenvalue weighted by molar-refractivity contribution is 5.28. The highest BCUT2D eigenvalue weighted by Crippen LogP contribution is 2.22. The molecule has 0 saturated heterocycles. The molecule has 1 aromatic rings. The molecule has 1 unspecified atom stereocenters. The Morgan fingerprint density at radius 2 is 1.95 bits per heavy atom. The molecular weight excluding hydrogens is 252 g/mol. The van der Waals surface area contributed by atoms with Crippen LogP contribution in [0.25, 0.3) is 0 Å². The predicted molar refractivity (Wildman–Crippen MR) is 70.2 cm³/mol. The summed E-state index contributed by atoms with van der Waals surface area (Å²) >= 11 is 0. The van der Waals surface area contributed by atoms with E-state index < -0.39 is 11.6 Å². The molecule has 1 N–H and O–H groups in total. The Bertz CT molecular complexity index is 399. The molecule has 0 saturated carbocycles. The lowest BCUT2D eigenvalue weighted by atomic mass is 10.0. The third-order valence-electron chi connectivity index (χ3n) is 2.85. The monoisotopic (exact) mass is 273 g/mol. The van der Waals surface area contributed by atoms with Crippen molar-refractivity contribution in [2.24, 2.45) is 0 Å². The fourth-order valence-electron chi connectivity index (χ4n) is 1.78. The SMILES string of the molecule is CCNC(COCCOC)c1ccc(C)c(F)c1F. The van der Waals surface area contributed by atoms with Gasteiger partial charge in [0, 0.05) is 12.7 Å². The zero-order valence-electron chi connectivity index (χ0n) is 11.6. The molecule has 0 spiro atoms. The van der Waals surface area contributed by atoms with Crippen molar-refractivity contribution in [3.05, 3.63) is 34.9 Å². The molecule has 3 nitrogen and oxygen atoms in total. The van der Waals surface area contributed by atoms with Crippen LogP contribution in [-0.4, -0.2) is 33.5 Å². The van der Waals surface area contributed by atoms with E-state index in [0.29, 0.717) is 30.9 Å². The molecule has 0 aliphatic heterocycles. The van der Waals surface area contributed by atoms with E-state index in [1.165, 1.54) is 0 Å². The van der Waals surface area contributed by atoms with Gasteiger partial charge in [0.05, 0.1) is 25.9 Å². The first kappa shape index (κ1) is 16.0. The maximum absolute atomic E-state index is 13.9. The molecule has 5 heteroatoms. The molecule has 0 aliphatic carbocycles. The Morgan fingerprint density at radius 1 is 1.21 bits per heavy atom. The first-order valence-corrected chi connectivity index (χ1v) is 6.36. The average Bonchev–Trinajstić information content (AvgIpc) is 2.40. The average molecular weight is 273 g/mol. The summed E-state index contributed by atoms with van der Waals surface area (Å²) in [6.07, 6.45) is 0. The Balaban J connectivity index is 2.78. The Morgan fingerprint density at radius 3 is 2.58 bits per heavy atom. The van der Waals surface area contributed by atoms with Crippen LogP contribution in [0.1, 0.15) is 24.1 Å². The van der Waals surface area contributed by atoms with Crippen molar-refractivity contribution in [1.29, 1.82) is 0 Å². The maximum atomic E-state index is 13.9. The van der Waals surface area contributed by atoms with E-state index in [1.54, 1.807) is 26.2 Å². The molecule has 0 radical (unpaired) electrons. The van der Waals surface area contributed by atoms with Gasteiger partial charge in [-0.05, 0) is 19.0 Å². The first-order chi connectivity index (χ1) is 9.11. The minimum atomic E-state index is -0.804. The minimum Gasteiger partial charge on any atom is -0.382 e. The van der Waals surface area contributed by atoms with Crippen LogP contribution in [0.5, 0.6) is 0 Å². The molecule has 1 aromatic carbocycles. The maximum Gasteiger partial charge on any atom is 0.163 e. The van der Waals surface area contributed by atoms with Gasteiger partial charge in [0.2, 0.25) is 0 Å². The van der Waals surface area contributed by atoms with Crippen molar-refractivity contribution >= 4 is 0 Å². The molecular formula is C14H21F2NO2. The number of ether oxygens (including phenoxy) is 2. The van der Waals surface area contributed by atoms with Crippen LogP contribution in [0.3, 0.4) is 0 Å². The molecule has 19 heavy (non-hydrogen) atoms. The Hall–Kier alpha value is -1.04. The van der Waals surface area contributed by atoms with E-state index in [2.05, 4.69) is 5.32 Å². The van der Waals surface area contributed by atoms with Gasteiger partial charge in [0.25, 0.3) is 0 Å². The van der Waals surface area contributed by atoms with Crippen molar-refractivity contribution in [2.45, 2.75) is 19.9 Å². The highest BCUT2D eigenvalue weighted by Gasteiger charge is 2.19. The normalized spacial score (nSPS) is 12.7. The van der Waals surface area contributed by atoms with E-state index in [-0.39, 0.29) is 12.6 Å². The number of hydrogen-bond donors (Lipinski definition) is 1. The molecule has 0 aliphatic rings. The molecule has 0 heterocycles. The third kappa shape index (κ3) is 4.53. The van der Waals surface area contributed by atoms with Gasteiger partial charge in [-0.15, -0.1) is 0 Å². The molecule has 1 rings (SSSR count). The van der Waals surface area contributed by atoms with E-state index >= 15 is 0 Å². The van der Waals surface area contributed by atoms with Crippen LogP contribution >= 0.6 is 0 Å². The zero-order chi connectivity index (χ0) is 14.3. The lowest BCUT2D eigenvalue weighted by Gasteiger charge is -2.19. The molecule has 1 atom stereocenters. The van der Waals surface area contributed by atoms with Gasteiger partial charge in [-0.2, -0.15) is 0 Å². The summed E-state index contributed by atoms with van der Waals surface area (Å²) in [6.45, 7) is 5.27. The summed E-state index contributed by atoms with van der Waals surface area (Å²) in [4.78, 5) is 0. The zero-order valence-corrected chi connectivity index (χ0v) is 11.6. The van der Waals surface area contributed by atoms with E-state index in [9.17, 15) is 8.78 Å². The van der Waals surface area contributed by atoms with Gasteiger partial charge in [0.1, 0.15) is 0 Å². The van der Waals surface area contributed by atoms with Gasteiger partial charge < -0.3 is 14.8 Å². The summed E-state index contributed by atoms with van der Waals surface area (Å²) < 4.78 is 37.7. The predicted octanol–water partition coefficient (Wildman–Crippen LogP) is 2.59. The van der Waals surface area contributed by atoms with Crippen molar-refractivity contribution in [3.63, 3.8) is 0 Å². The van der Waals surface area contributed by atoms with Crippen LogP contribution in [0.4, 0.5) is 8.78 Å². The lowest BCUT2D eigenvalue weighted by Crippen LogP contribution is -2.27. The summed E-state index contributed by atoms with van der Waals surface area (Å²) in [5.74, 6) is -1.60. The standard InChI is InChI=1S/C14H21F2NO2/c1-4-17-12(9-19-8-7-18-3)11-6-5-10(2)13(15)14(11)16/h5-6,12,17H,4,7-9H2,1-3H3. The number of rotatable bonds is 8. The number of halogens is 2. The number of hydrogen-bond acceptors (Lipinski definition) is 3. The summed E-state index contributed by atoms with van der Waals surface area (Å²) in [7, 11) is 1.58. The Labute approximate surface area is 112 Å². The summed E-state index contributed by atoms with van der Waals surface area (Å²) in [5, 5.41) is 3.09. The van der Waals surface area contributed by atoms with E-state index in [1.807, 2.05) is 6.92 Å². The second-order valence-corrected chi connectivity index (χ2v) is 4.28. The fourth-order valence-corrected chi connectivity index (χ4v) is 1.78. The molecule has 0 amide bonds. The third-order valence-corrected chi connectivity index (χ3v) is 2.85. The summed E-state index contributed by atoms with van der Waals surface area (Å²) in [6, 6.07) is 2.81. The number of aryl methyl sites for hydroxylation is 1. The number of methoxy groups -OCH3 is 1. The van der Waals surface area contributed by atoms with E-state index in [4.69, 9.17) is 9.47 Å². The molecule has 0 aromatic heterocycles. The number of benzene rings is 1. The van der Waals surface area contributed by atoms with Crippen LogP contribution in [0.15, 0.2) is 12.1 Å². The Kier molecular flexibility index (Phi) is 6.91.